The molecule has 0 aliphatic heterocycles. The van der Waals surface area contributed by atoms with Gasteiger partial charge in [0.05, 0.1) is 9.40 Å². The normalized spacial score (nSPS) is 14.2. The average molecular weight is 470 g/mol. The van der Waals surface area contributed by atoms with E-state index in [9.17, 15) is 20.2 Å². The van der Waals surface area contributed by atoms with Crippen LogP contribution in [-0.4, -0.2) is 16.9 Å². The molecule has 8 heteroatoms. The van der Waals surface area contributed by atoms with Crippen LogP contribution in [0.4, 0.5) is 5.69 Å². The van der Waals surface area contributed by atoms with Crippen molar-refractivity contribution < 1.29 is 14.5 Å². The second kappa shape index (κ2) is 10.0. The Kier molecular flexibility index (Phi) is 7.20. The number of nitrogens with one attached hydrogen (secondary N) is 1. The van der Waals surface area contributed by atoms with Crippen molar-refractivity contribution in [1.82, 2.24) is 5.32 Å². The third-order valence-electron chi connectivity index (χ3n) is 4.84. The molecule has 3 rings (SSSR count). The molecule has 7 nitrogen and oxygen atoms in total. The van der Waals surface area contributed by atoms with Crippen LogP contribution in [0.25, 0.3) is 6.08 Å². The fourth-order valence-electron chi connectivity index (χ4n) is 3.29. The van der Waals surface area contributed by atoms with Crippen molar-refractivity contribution >= 4 is 33.6 Å². The van der Waals surface area contributed by atoms with Gasteiger partial charge in [-0.2, -0.15) is 5.26 Å². The van der Waals surface area contributed by atoms with Crippen molar-refractivity contribution in [2.24, 2.45) is 0 Å². The lowest BCUT2D eigenvalue weighted by molar-refractivity contribution is -0.384. The lowest BCUT2D eigenvalue weighted by Gasteiger charge is -2.11. The van der Waals surface area contributed by atoms with E-state index >= 15 is 0 Å². The van der Waals surface area contributed by atoms with Gasteiger partial charge >= 0.3 is 0 Å². The van der Waals surface area contributed by atoms with E-state index in [-0.39, 0.29) is 29.8 Å². The fourth-order valence-corrected chi connectivity index (χ4v) is 3.80. The number of ether oxygens (including phenoxy) is 1. The lowest BCUT2D eigenvalue weighted by atomic mass is 10.1. The highest BCUT2D eigenvalue weighted by Gasteiger charge is 2.19. The maximum absolute atomic E-state index is 12.3. The Labute approximate surface area is 182 Å². The zero-order valence-electron chi connectivity index (χ0n) is 16.1. The van der Waals surface area contributed by atoms with E-state index < -0.39 is 4.92 Å². The standard InChI is InChI=1S/C22H20BrN3O4/c23-20-12-15(10-17(13-24)22(27)25-18-5-1-2-6-18)8-9-21(20)30-14-16-4-3-7-19(11-16)26(28)29/h3-4,7-12,18H,1-2,5-6,14H2,(H,25,27)/b17-10-. The number of carbonyl (C=O) groups is 1. The van der Waals surface area contributed by atoms with Crippen molar-refractivity contribution in [3.63, 3.8) is 0 Å². The SMILES string of the molecule is N#C/C(=C/c1ccc(OCc2cccc([N+](=O)[O-])c2)c(Br)c1)C(=O)NC1CCCC1. The van der Waals surface area contributed by atoms with E-state index in [1.54, 1.807) is 36.4 Å². The molecule has 2 aromatic carbocycles. The number of non-ortho nitro benzene ring substituents is 1. The molecule has 0 spiro atoms. The average Bonchev–Trinajstić information content (AvgIpc) is 3.24. The zero-order chi connectivity index (χ0) is 21.5. The number of rotatable bonds is 7. The van der Waals surface area contributed by atoms with Gasteiger partial charge in [-0.25, -0.2) is 0 Å². The monoisotopic (exact) mass is 469 g/mol. The molecule has 1 fully saturated rings. The number of nitro benzene ring substituents is 1. The number of hydrogen-bond acceptors (Lipinski definition) is 5. The molecule has 2 aromatic rings. The fraction of sp³-hybridized carbons (Fsp3) is 0.273. The Morgan fingerprint density at radius 2 is 2.07 bits per heavy atom. The summed E-state index contributed by atoms with van der Waals surface area (Å²) in [7, 11) is 0. The Hall–Kier alpha value is -3.18. The summed E-state index contributed by atoms with van der Waals surface area (Å²) in [6.45, 7) is 0.169. The highest BCUT2D eigenvalue weighted by molar-refractivity contribution is 9.10. The number of amides is 1. The number of hydrogen-bond donors (Lipinski definition) is 1. The first-order valence-electron chi connectivity index (χ1n) is 9.54. The highest BCUT2D eigenvalue weighted by Crippen LogP contribution is 2.28. The minimum absolute atomic E-state index is 0.00978. The molecule has 0 unspecified atom stereocenters. The van der Waals surface area contributed by atoms with E-state index in [0.717, 1.165) is 25.7 Å². The minimum atomic E-state index is -0.448. The summed E-state index contributed by atoms with van der Waals surface area (Å²) in [4.78, 5) is 22.8. The molecule has 0 heterocycles. The molecule has 154 valence electrons. The first kappa shape index (κ1) is 21.5. The molecule has 1 saturated carbocycles. The highest BCUT2D eigenvalue weighted by atomic mass is 79.9. The number of carbonyl (C=O) groups excluding carboxylic acids is 1. The summed E-state index contributed by atoms with van der Waals surface area (Å²) >= 11 is 3.43. The van der Waals surface area contributed by atoms with Gasteiger partial charge in [0.2, 0.25) is 0 Å². The van der Waals surface area contributed by atoms with Crippen LogP contribution in [0.5, 0.6) is 5.75 Å². The summed E-state index contributed by atoms with van der Waals surface area (Å²) in [5.41, 5.74) is 1.42. The first-order chi connectivity index (χ1) is 14.5. The number of benzene rings is 2. The van der Waals surface area contributed by atoms with Gasteiger partial charge in [-0.3, -0.25) is 14.9 Å². The molecule has 30 heavy (non-hydrogen) atoms. The van der Waals surface area contributed by atoms with Crippen molar-refractivity contribution in [2.75, 3.05) is 0 Å². The number of halogens is 1. The molecule has 0 radical (unpaired) electrons. The molecule has 0 saturated heterocycles. The maximum atomic E-state index is 12.3. The predicted octanol–water partition coefficient (Wildman–Crippen LogP) is 4.90. The molecule has 0 bridgehead atoms. The third kappa shape index (κ3) is 5.67. The van der Waals surface area contributed by atoms with Gasteiger partial charge in [0.25, 0.3) is 11.6 Å². The van der Waals surface area contributed by atoms with Gasteiger partial charge in [0, 0.05) is 18.2 Å². The van der Waals surface area contributed by atoms with E-state index in [1.807, 2.05) is 6.07 Å². The first-order valence-corrected chi connectivity index (χ1v) is 10.3. The summed E-state index contributed by atoms with van der Waals surface area (Å²) in [5, 5.41) is 23.2. The summed E-state index contributed by atoms with van der Waals surface area (Å²) in [5.74, 6) is 0.194. The Morgan fingerprint density at radius 3 is 2.73 bits per heavy atom. The summed E-state index contributed by atoms with van der Waals surface area (Å²) in [6.07, 6.45) is 5.64. The van der Waals surface area contributed by atoms with Gasteiger partial charge in [-0.15, -0.1) is 0 Å². The molecule has 1 aliphatic carbocycles. The zero-order valence-corrected chi connectivity index (χ0v) is 17.7. The van der Waals surface area contributed by atoms with Crippen LogP contribution in [0, 0.1) is 21.4 Å². The molecular formula is C22H20BrN3O4. The maximum Gasteiger partial charge on any atom is 0.269 e. The van der Waals surface area contributed by atoms with Crippen LogP contribution >= 0.6 is 15.9 Å². The Balaban J connectivity index is 1.67. The Bertz CT molecular complexity index is 1020. The van der Waals surface area contributed by atoms with E-state index in [0.29, 0.717) is 21.3 Å². The van der Waals surface area contributed by atoms with Gasteiger partial charge in [0.15, 0.2) is 0 Å². The summed E-state index contributed by atoms with van der Waals surface area (Å²) in [6, 6.07) is 13.6. The quantitative estimate of drug-likeness (QED) is 0.268. The largest absolute Gasteiger partial charge is 0.488 e. The van der Waals surface area contributed by atoms with Crippen LogP contribution in [0.2, 0.25) is 0 Å². The van der Waals surface area contributed by atoms with Crippen molar-refractivity contribution in [3.8, 4) is 11.8 Å². The van der Waals surface area contributed by atoms with Crippen LogP contribution < -0.4 is 10.1 Å². The molecule has 1 N–H and O–H groups in total. The van der Waals surface area contributed by atoms with Gasteiger partial charge < -0.3 is 10.1 Å². The molecule has 1 amide bonds. The second-order valence-corrected chi connectivity index (χ2v) is 7.88. The van der Waals surface area contributed by atoms with E-state index in [2.05, 4.69) is 21.2 Å². The molecule has 0 atom stereocenters. The number of nitriles is 1. The molecule has 0 aromatic heterocycles. The lowest BCUT2D eigenvalue weighted by Crippen LogP contribution is -2.33. The molecule has 1 aliphatic rings. The molecular weight excluding hydrogens is 450 g/mol. The van der Waals surface area contributed by atoms with Crippen molar-refractivity contribution in [1.29, 1.82) is 5.26 Å². The van der Waals surface area contributed by atoms with Crippen LogP contribution in [-0.2, 0) is 11.4 Å². The van der Waals surface area contributed by atoms with Crippen molar-refractivity contribution in [3.05, 3.63) is 73.8 Å². The topological polar surface area (TPSA) is 105 Å². The van der Waals surface area contributed by atoms with Gasteiger partial charge in [0.1, 0.15) is 24.0 Å². The van der Waals surface area contributed by atoms with Crippen LogP contribution in [0.15, 0.2) is 52.5 Å². The van der Waals surface area contributed by atoms with Crippen LogP contribution in [0.3, 0.4) is 0 Å². The van der Waals surface area contributed by atoms with Crippen molar-refractivity contribution in [2.45, 2.75) is 38.3 Å². The van der Waals surface area contributed by atoms with Gasteiger partial charge in [-0.1, -0.05) is 31.0 Å². The van der Waals surface area contributed by atoms with Gasteiger partial charge in [-0.05, 0) is 58.1 Å². The van der Waals surface area contributed by atoms with E-state index in [1.165, 1.54) is 12.1 Å². The van der Waals surface area contributed by atoms with E-state index in [4.69, 9.17) is 4.74 Å². The number of nitrogens with zero attached hydrogens (tertiary/aromatic N) is 2. The smallest absolute Gasteiger partial charge is 0.269 e. The Morgan fingerprint density at radius 1 is 1.30 bits per heavy atom. The third-order valence-corrected chi connectivity index (χ3v) is 5.46. The van der Waals surface area contributed by atoms with Crippen LogP contribution in [0.1, 0.15) is 36.8 Å². The predicted molar refractivity (Wildman–Crippen MR) is 116 cm³/mol. The number of nitro groups is 1. The second-order valence-electron chi connectivity index (χ2n) is 7.03. The minimum Gasteiger partial charge on any atom is -0.488 e. The summed E-state index contributed by atoms with van der Waals surface area (Å²) < 4.78 is 6.39.